The molecule has 2 aromatic heterocycles. The van der Waals surface area contributed by atoms with E-state index in [1.807, 2.05) is 4.90 Å². The van der Waals surface area contributed by atoms with Crippen molar-refractivity contribution in [1.82, 2.24) is 19.3 Å². The lowest BCUT2D eigenvalue weighted by Gasteiger charge is -2.15. The summed E-state index contributed by atoms with van der Waals surface area (Å²) in [5.74, 6) is -1.33. The lowest BCUT2D eigenvalue weighted by molar-refractivity contribution is 0.108. The molecule has 30 heavy (non-hydrogen) atoms. The van der Waals surface area contributed by atoms with Crippen LogP contribution in [0.4, 0.5) is 14.6 Å². The Hall–Kier alpha value is -3.47. The van der Waals surface area contributed by atoms with Gasteiger partial charge in [-0.3, -0.25) is 9.25 Å². The number of aromatic nitrogens is 4. The van der Waals surface area contributed by atoms with E-state index in [2.05, 4.69) is 10.1 Å². The van der Waals surface area contributed by atoms with Crippen LogP contribution in [0.1, 0.15) is 5.56 Å². The van der Waals surface area contributed by atoms with Gasteiger partial charge in [0.05, 0.1) is 25.5 Å². The van der Waals surface area contributed by atoms with Crippen molar-refractivity contribution in [3.63, 3.8) is 0 Å². The summed E-state index contributed by atoms with van der Waals surface area (Å²) < 4.78 is 48.1. The predicted octanol–water partition coefficient (Wildman–Crippen LogP) is 1.80. The second-order valence-electron chi connectivity index (χ2n) is 6.99. The van der Waals surface area contributed by atoms with E-state index in [0.29, 0.717) is 25.5 Å². The molecular formula is C19H17F2N5O4. The fraction of sp³-hybridized carbons (Fsp3) is 0.316. The van der Waals surface area contributed by atoms with Crippen LogP contribution in [-0.2, 0) is 24.9 Å². The molecule has 1 saturated heterocycles. The number of hydrogen-bond acceptors (Lipinski definition) is 7. The summed E-state index contributed by atoms with van der Waals surface area (Å²) in [4.78, 5) is 18.1. The van der Waals surface area contributed by atoms with E-state index >= 15 is 0 Å². The maximum Gasteiger partial charge on any atom is 0.352 e. The first-order chi connectivity index (χ1) is 14.5. The van der Waals surface area contributed by atoms with Gasteiger partial charge in [-0.2, -0.15) is 10.1 Å². The van der Waals surface area contributed by atoms with Gasteiger partial charge in [0.15, 0.2) is 23.1 Å². The highest BCUT2D eigenvalue weighted by atomic mass is 19.1. The third kappa shape index (κ3) is 3.26. The van der Waals surface area contributed by atoms with Crippen molar-refractivity contribution in [2.45, 2.75) is 19.4 Å². The topological polar surface area (TPSA) is 83.6 Å². The summed E-state index contributed by atoms with van der Waals surface area (Å²) >= 11 is 0. The first kappa shape index (κ1) is 18.6. The maximum absolute atomic E-state index is 14.4. The molecule has 156 valence electrons. The van der Waals surface area contributed by atoms with Crippen LogP contribution in [0.2, 0.25) is 0 Å². The third-order valence-corrected chi connectivity index (χ3v) is 4.93. The zero-order chi connectivity index (χ0) is 20.8. The predicted molar refractivity (Wildman–Crippen MR) is 99.6 cm³/mol. The van der Waals surface area contributed by atoms with Crippen molar-refractivity contribution in [3.8, 4) is 17.4 Å². The highest BCUT2D eigenvalue weighted by Crippen LogP contribution is 2.31. The van der Waals surface area contributed by atoms with Crippen LogP contribution in [0.5, 0.6) is 17.4 Å². The standard InChI is InChI=1S/C19H17F2N5O4/c1-24-8-12(7-22-24)30-18-13(20)4-11(5-14(18)21)10-29-15-6-16-25-2-3-28-17(25)9-26(16)19(27)23-15/h4-8,17H,2-3,9-10H2,1H3. The summed E-state index contributed by atoms with van der Waals surface area (Å²) in [6, 6.07) is 3.85. The van der Waals surface area contributed by atoms with Gasteiger partial charge in [-0.25, -0.2) is 13.6 Å². The fourth-order valence-electron chi connectivity index (χ4n) is 3.57. The summed E-state index contributed by atoms with van der Waals surface area (Å²) in [5, 5.41) is 3.89. The highest BCUT2D eigenvalue weighted by Gasteiger charge is 2.35. The highest BCUT2D eigenvalue weighted by molar-refractivity contribution is 5.47. The van der Waals surface area contributed by atoms with Crippen LogP contribution in [-0.4, -0.2) is 38.7 Å². The van der Waals surface area contributed by atoms with Crippen LogP contribution in [0.15, 0.2) is 35.4 Å². The minimum Gasteiger partial charge on any atom is -0.473 e. The van der Waals surface area contributed by atoms with E-state index in [1.165, 1.54) is 21.6 Å². The van der Waals surface area contributed by atoms with Gasteiger partial charge in [-0.1, -0.05) is 0 Å². The Morgan fingerprint density at radius 3 is 2.80 bits per heavy atom. The number of anilines is 1. The van der Waals surface area contributed by atoms with E-state index in [-0.39, 0.29) is 30.0 Å². The number of benzene rings is 1. The average molecular weight is 417 g/mol. The zero-order valence-corrected chi connectivity index (χ0v) is 15.9. The molecule has 0 radical (unpaired) electrons. The number of nitrogens with zero attached hydrogens (tertiary/aromatic N) is 5. The molecule has 0 amide bonds. The van der Waals surface area contributed by atoms with E-state index in [9.17, 15) is 13.6 Å². The fourth-order valence-corrected chi connectivity index (χ4v) is 3.57. The molecule has 11 heteroatoms. The van der Waals surface area contributed by atoms with Gasteiger partial charge >= 0.3 is 5.69 Å². The molecule has 3 aromatic rings. The zero-order valence-electron chi connectivity index (χ0n) is 15.9. The molecule has 2 aliphatic heterocycles. The van der Waals surface area contributed by atoms with Gasteiger partial charge in [0.2, 0.25) is 5.88 Å². The van der Waals surface area contributed by atoms with Gasteiger partial charge in [-0.15, -0.1) is 0 Å². The van der Waals surface area contributed by atoms with Gasteiger partial charge < -0.3 is 19.1 Å². The molecule has 1 unspecified atom stereocenters. The van der Waals surface area contributed by atoms with Crippen molar-refractivity contribution in [1.29, 1.82) is 0 Å². The van der Waals surface area contributed by atoms with E-state index in [0.717, 1.165) is 12.1 Å². The quantitative estimate of drug-likeness (QED) is 0.626. The van der Waals surface area contributed by atoms with Gasteiger partial charge in [0, 0.05) is 19.7 Å². The van der Waals surface area contributed by atoms with Crippen LogP contribution >= 0.6 is 0 Å². The number of aryl methyl sites for hydroxylation is 1. The van der Waals surface area contributed by atoms with Crippen molar-refractivity contribution >= 4 is 5.82 Å². The Kier molecular flexibility index (Phi) is 4.39. The van der Waals surface area contributed by atoms with Crippen LogP contribution in [0.25, 0.3) is 0 Å². The van der Waals surface area contributed by atoms with E-state index in [1.54, 1.807) is 13.1 Å². The number of halogens is 2. The largest absolute Gasteiger partial charge is 0.473 e. The minimum absolute atomic E-state index is 0.0790. The van der Waals surface area contributed by atoms with Crippen molar-refractivity contribution in [2.24, 2.45) is 7.05 Å². The summed E-state index contributed by atoms with van der Waals surface area (Å²) in [6.07, 6.45) is 2.67. The average Bonchev–Trinajstić information content (AvgIpc) is 3.40. The molecular weight excluding hydrogens is 400 g/mol. The Morgan fingerprint density at radius 2 is 2.07 bits per heavy atom. The molecule has 2 aliphatic rings. The van der Waals surface area contributed by atoms with Crippen LogP contribution in [0, 0.1) is 11.6 Å². The van der Waals surface area contributed by atoms with Gasteiger partial charge in [0.1, 0.15) is 18.7 Å². The third-order valence-electron chi connectivity index (χ3n) is 4.93. The second-order valence-corrected chi connectivity index (χ2v) is 6.99. The Balaban J connectivity index is 1.33. The Bertz CT molecular complexity index is 1150. The first-order valence-electron chi connectivity index (χ1n) is 9.25. The molecule has 0 aliphatic carbocycles. The number of ether oxygens (including phenoxy) is 3. The molecule has 0 bridgehead atoms. The Morgan fingerprint density at radius 1 is 1.27 bits per heavy atom. The van der Waals surface area contributed by atoms with E-state index in [4.69, 9.17) is 14.2 Å². The molecule has 0 N–H and O–H groups in total. The summed E-state index contributed by atoms with van der Waals surface area (Å²) in [5.41, 5.74) is -0.230. The number of fused-ring (bicyclic) bond motifs is 3. The lowest BCUT2D eigenvalue weighted by Crippen LogP contribution is -2.25. The molecule has 9 nitrogen and oxygen atoms in total. The molecule has 1 fully saturated rings. The molecule has 4 heterocycles. The van der Waals surface area contributed by atoms with Crippen molar-refractivity contribution < 1.29 is 23.0 Å². The molecule has 0 saturated carbocycles. The van der Waals surface area contributed by atoms with Gasteiger partial charge in [0.25, 0.3) is 0 Å². The smallest absolute Gasteiger partial charge is 0.352 e. The SMILES string of the molecule is Cn1cc(Oc2c(F)cc(COc3cc4n(c(=O)n3)CC3OCCN43)cc2F)cn1. The first-order valence-corrected chi connectivity index (χ1v) is 9.25. The van der Waals surface area contributed by atoms with E-state index < -0.39 is 23.1 Å². The van der Waals surface area contributed by atoms with Crippen LogP contribution in [0.3, 0.4) is 0 Å². The lowest BCUT2D eigenvalue weighted by atomic mass is 10.2. The number of rotatable bonds is 5. The second kappa shape index (κ2) is 7.10. The van der Waals surface area contributed by atoms with Crippen molar-refractivity contribution in [2.75, 3.05) is 18.1 Å². The normalized spacial score (nSPS) is 17.2. The molecule has 1 atom stereocenters. The summed E-state index contributed by atoms with van der Waals surface area (Å²) in [7, 11) is 1.66. The molecule has 0 spiro atoms. The molecule has 5 rings (SSSR count). The monoisotopic (exact) mass is 417 g/mol. The number of hydrogen-bond donors (Lipinski definition) is 0. The Labute approximate surface area is 169 Å². The minimum atomic E-state index is -0.878. The maximum atomic E-state index is 14.4. The van der Waals surface area contributed by atoms with Gasteiger partial charge in [-0.05, 0) is 17.7 Å². The summed E-state index contributed by atoms with van der Waals surface area (Å²) in [6.45, 7) is 1.50. The van der Waals surface area contributed by atoms with Crippen LogP contribution < -0.4 is 20.1 Å². The molecule has 1 aromatic carbocycles. The van der Waals surface area contributed by atoms with Crippen molar-refractivity contribution in [3.05, 3.63) is 58.3 Å².